The summed E-state index contributed by atoms with van der Waals surface area (Å²) >= 11 is 0. The SMILES string of the molecule is Cc1cccc(-c2nc(C(C)C)no2)c1NC(=O)c1cc(-c2ccccc2)nc2c1c(C)nn2C. The van der Waals surface area contributed by atoms with E-state index in [1.54, 1.807) is 4.68 Å². The zero-order valence-corrected chi connectivity index (χ0v) is 20.3. The number of hydrogen-bond acceptors (Lipinski definition) is 6. The van der Waals surface area contributed by atoms with E-state index in [0.29, 0.717) is 39.9 Å². The first-order valence-electron chi connectivity index (χ1n) is 11.5. The molecule has 0 fully saturated rings. The van der Waals surface area contributed by atoms with E-state index in [2.05, 4.69) is 20.6 Å². The molecule has 176 valence electrons. The Morgan fingerprint density at radius 1 is 1.03 bits per heavy atom. The molecular formula is C27H26N6O2. The number of nitrogens with zero attached hydrogens (tertiary/aromatic N) is 5. The number of aromatic nitrogens is 5. The Balaban J connectivity index is 1.62. The minimum Gasteiger partial charge on any atom is -0.334 e. The highest BCUT2D eigenvalue weighted by Crippen LogP contribution is 2.32. The summed E-state index contributed by atoms with van der Waals surface area (Å²) in [7, 11) is 1.83. The van der Waals surface area contributed by atoms with Gasteiger partial charge in [-0.2, -0.15) is 10.1 Å². The van der Waals surface area contributed by atoms with Crippen LogP contribution in [0.2, 0.25) is 0 Å². The van der Waals surface area contributed by atoms with Crippen molar-refractivity contribution in [2.24, 2.45) is 7.05 Å². The summed E-state index contributed by atoms with van der Waals surface area (Å²) < 4.78 is 7.24. The van der Waals surface area contributed by atoms with Crippen LogP contribution < -0.4 is 5.32 Å². The van der Waals surface area contributed by atoms with Gasteiger partial charge in [0.15, 0.2) is 11.5 Å². The quantitative estimate of drug-likeness (QED) is 0.358. The summed E-state index contributed by atoms with van der Waals surface area (Å²) in [5.41, 5.74) is 5.71. The van der Waals surface area contributed by atoms with Crippen LogP contribution in [0.15, 0.2) is 59.1 Å². The Kier molecular flexibility index (Phi) is 5.64. The lowest BCUT2D eigenvalue weighted by Crippen LogP contribution is -2.15. The largest absolute Gasteiger partial charge is 0.334 e. The van der Waals surface area contributed by atoms with Crippen molar-refractivity contribution in [1.29, 1.82) is 0 Å². The Labute approximate surface area is 203 Å². The van der Waals surface area contributed by atoms with Gasteiger partial charge in [-0.15, -0.1) is 0 Å². The highest BCUT2D eigenvalue weighted by atomic mass is 16.5. The van der Waals surface area contributed by atoms with Crippen molar-refractivity contribution in [2.45, 2.75) is 33.6 Å². The normalized spacial score (nSPS) is 11.4. The number of carbonyl (C=O) groups excluding carboxylic acids is 1. The van der Waals surface area contributed by atoms with Gasteiger partial charge in [-0.05, 0) is 31.5 Å². The molecule has 1 N–H and O–H groups in total. The number of rotatable bonds is 5. The molecule has 0 spiro atoms. The summed E-state index contributed by atoms with van der Waals surface area (Å²) in [5.74, 6) is 0.860. The first kappa shape index (κ1) is 22.5. The van der Waals surface area contributed by atoms with E-state index in [9.17, 15) is 4.79 Å². The third-order valence-corrected chi connectivity index (χ3v) is 5.98. The Bertz CT molecular complexity index is 1550. The van der Waals surface area contributed by atoms with Crippen LogP contribution in [-0.2, 0) is 7.05 Å². The number of fused-ring (bicyclic) bond motifs is 1. The molecule has 0 bridgehead atoms. The molecule has 3 heterocycles. The van der Waals surface area contributed by atoms with Gasteiger partial charge in [0.05, 0.1) is 33.6 Å². The minimum atomic E-state index is -0.259. The van der Waals surface area contributed by atoms with Crippen molar-refractivity contribution in [3.63, 3.8) is 0 Å². The Morgan fingerprint density at radius 3 is 2.51 bits per heavy atom. The topological polar surface area (TPSA) is 98.7 Å². The van der Waals surface area contributed by atoms with Gasteiger partial charge in [0.25, 0.3) is 11.8 Å². The number of anilines is 1. The Hall–Kier alpha value is -4.33. The molecule has 0 atom stereocenters. The second-order valence-electron chi connectivity index (χ2n) is 8.89. The average Bonchev–Trinajstić information content (AvgIpc) is 3.45. The van der Waals surface area contributed by atoms with Crippen molar-refractivity contribution in [3.05, 3.63) is 77.2 Å². The first-order chi connectivity index (χ1) is 16.8. The minimum absolute atomic E-state index is 0.130. The summed E-state index contributed by atoms with van der Waals surface area (Å²) in [4.78, 5) is 23.1. The summed E-state index contributed by atoms with van der Waals surface area (Å²) in [6.45, 7) is 7.82. The van der Waals surface area contributed by atoms with Crippen molar-refractivity contribution in [1.82, 2.24) is 24.9 Å². The number of benzene rings is 2. The molecule has 0 unspecified atom stereocenters. The van der Waals surface area contributed by atoms with Gasteiger partial charge in [-0.3, -0.25) is 9.48 Å². The smallest absolute Gasteiger partial charge is 0.260 e. The molecule has 2 aromatic carbocycles. The zero-order chi connectivity index (χ0) is 24.7. The van der Waals surface area contributed by atoms with Crippen molar-refractivity contribution in [2.75, 3.05) is 5.32 Å². The number of amides is 1. The van der Waals surface area contributed by atoms with Gasteiger partial charge >= 0.3 is 0 Å². The highest BCUT2D eigenvalue weighted by molar-refractivity contribution is 6.14. The molecule has 35 heavy (non-hydrogen) atoms. The van der Waals surface area contributed by atoms with E-state index in [4.69, 9.17) is 9.51 Å². The van der Waals surface area contributed by atoms with Gasteiger partial charge in [-0.25, -0.2) is 4.98 Å². The van der Waals surface area contributed by atoms with Crippen LogP contribution in [0.5, 0.6) is 0 Å². The van der Waals surface area contributed by atoms with Gasteiger partial charge < -0.3 is 9.84 Å². The predicted octanol–water partition coefficient (Wildman–Crippen LogP) is 5.68. The number of nitrogens with one attached hydrogen (secondary N) is 1. The number of carbonyl (C=O) groups is 1. The summed E-state index contributed by atoms with van der Waals surface area (Å²) in [6.07, 6.45) is 0. The molecule has 0 radical (unpaired) electrons. The zero-order valence-electron chi connectivity index (χ0n) is 20.3. The van der Waals surface area contributed by atoms with Crippen LogP contribution in [0.4, 0.5) is 5.69 Å². The molecule has 5 rings (SSSR count). The van der Waals surface area contributed by atoms with Crippen LogP contribution in [0.25, 0.3) is 33.7 Å². The molecule has 1 amide bonds. The highest BCUT2D eigenvalue weighted by Gasteiger charge is 2.22. The number of aryl methyl sites for hydroxylation is 3. The van der Waals surface area contributed by atoms with Crippen molar-refractivity contribution in [3.8, 4) is 22.7 Å². The third-order valence-electron chi connectivity index (χ3n) is 5.98. The average molecular weight is 467 g/mol. The van der Waals surface area contributed by atoms with E-state index in [1.807, 2.05) is 89.3 Å². The monoisotopic (exact) mass is 466 g/mol. The number of pyridine rings is 1. The van der Waals surface area contributed by atoms with Gasteiger partial charge in [0.2, 0.25) is 0 Å². The lowest BCUT2D eigenvalue weighted by molar-refractivity contribution is 0.102. The van der Waals surface area contributed by atoms with E-state index < -0.39 is 0 Å². The predicted molar refractivity (Wildman–Crippen MR) is 135 cm³/mol. The second-order valence-corrected chi connectivity index (χ2v) is 8.89. The van der Waals surface area contributed by atoms with Crippen LogP contribution in [-0.4, -0.2) is 30.8 Å². The fourth-order valence-electron chi connectivity index (χ4n) is 4.15. The maximum absolute atomic E-state index is 13.8. The molecular weight excluding hydrogens is 440 g/mol. The fourth-order valence-corrected chi connectivity index (χ4v) is 4.15. The second kappa shape index (κ2) is 8.79. The van der Waals surface area contributed by atoms with Crippen LogP contribution in [0.3, 0.4) is 0 Å². The molecule has 5 aromatic rings. The Morgan fingerprint density at radius 2 is 1.80 bits per heavy atom. The van der Waals surface area contributed by atoms with Gasteiger partial charge in [0, 0.05) is 18.5 Å². The van der Waals surface area contributed by atoms with Crippen molar-refractivity contribution < 1.29 is 9.32 Å². The maximum atomic E-state index is 13.8. The fraction of sp³-hybridized carbons (Fsp3) is 0.222. The van der Waals surface area contributed by atoms with Crippen LogP contribution >= 0.6 is 0 Å². The number of hydrogen-bond donors (Lipinski definition) is 1. The molecule has 0 aliphatic carbocycles. The first-order valence-corrected chi connectivity index (χ1v) is 11.5. The molecule has 0 aliphatic rings. The molecule has 0 saturated carbocycles. The molecule has 0 aliphatic heterocycles. The van der Waals surface area contributed by atoms with E-state index in [-0.39, 0.29) is 11.8 Å². The van der Waals surface area contributed by atoms with Gasteiger partial charge in [-0.1, -0.05) is 61.5 Å². The van der Waals surface area contributed by atoms with Crippen LogP contribution in [0, 0.1) is 13.8 Å². The standard InChI is InChI=1S/C27H26N6O2/c1-15(2)24-30-27(35-32-24)19-13-9-10-16(3)23(19)29-26(34)20-14-21(18-11-7-6-8-12-18)28-25-22(20)17(4)31-33(25)5/h6-15H,1-5H3,(H,29,34). The lowest BCUT2D eigenvalue weighted by Gasteiger charge is -2.13. The maximum Gasteiger partial charge on any atom is 0.260 e. The third kappa shape index (κ3) is 4.07. The summed E-state index contributed by atoms with van der Waals surface area (Å²) in [5, 5.41) is 12.4. The number of para-hydroxylation sites is 1. The van der Waals surface area contributed by atoms with E-state index in [0.717, 1.165) is 22.2 Å². The van der Waals surface area contributed by atoms with Crippen molar-refractivity contribution >= 4 is 22.6 Å². The van der Waals surface area contributed by atoms with E-state index >= 15 is 0 Å². The molecule has 3 aromatic heterocycles. The lowest BCUT2D eigenvalue weighted by atomic mass is 10.0. The molecule has 8 nitrogen and oxygen atoms in total. The summed E-state index contributed by atoms with van der Waals surface area (Å²) in [6, 6.07) is 17.3. The van der Waals surface area contributed by atoms with E-state index in [1.165, 1.54) is 0 Å². The molecule has 8 heteroatoms. The van der Waals surface area contributed by atoms with Gasteiger partial charge in [0.1, 0.15) is 0 Å². The molecule has 0 saturated heterocycles. The van der Waals surface area contributed by atoms with Crippen LogP contribution in [0.1, 0.15) is 47.2 Å².